The van der Waals surface area contributed by atoms with Gasteiger partial charge in [0.05, 0.1) is 17.0 Å². The van der Waals surface area contributed by atoms with Gasteiger partial charge in [-0.25, -0.2) is 4.79 Å². The fourth-order valence-electron chi connectivity index (χ4n) is 3.68. The van der Waals surface area contributed by atoms with Gasteiger partial charge in [0.15, 0.2) is 5.58 Å². The lowest BCUT2D eigenvalue weighted by molar-refractivity contribution is 0.0698. The lowest BCUT2D eigenvalue weighted by atomic mass is 9.86. The summed E-state index contributed by atoms with van der Waals surface area (Å²) >= 11 is 0. The van der Waals surface area contributed by atoms with Crippen molar-refractivity contribution in [1.29, 1.82) is 0 Å². The number of pyridine rings is 2. The molecule has 4 rings (SSSR count). The Bertz CT molecular complexity index is 1070. The first-order chi connectivity index (χ1) is 12.6. The Morgan fingerprint density at radius 3 is 2.69 bits per heavy atom. The Morgan fingerprint density at radius 2 is 2.00 bits per heavy atom. The van der Waals surface area contributed by atoms with E-state index < -0.39 is 5.97 Å². The Kier molecular flexibility index (Phi) is 4.06. The summed E-state index contributed by atoms with van der Waals surface area (Å²) in [6, 6.07) is 3.12. The molecule has 0 amide bonds. The van der Waals surface area contributed by atoms with Crippen LogP contribution in [0, 0.1) is 0 Å². The van der Waals surface area contributed by atoms with Crippen LogP contribution in [-0.4, -0.2) is 28.1 Å². The van der Waals surface area contributed by atoms with Crippen LogP contribution in [0.2, 0.25) is 0 Å². The summed E-state index contributed by atoms with van der Waals surface area (Å²) < 4.78 is 5.74. The number of carboxylic acids is 1. The first-order valence-corrected chi connectivity index (χ1v) is 8.77. The molecule has 3 aromatic rings. The van der Waals surface area contributed by atoms with Crippen LogP contribution in [0.3, 0.4) is 0 Å². The Morgan fingerprint density at radius 1 is 1.23 bits per heavy atom. The number of anilines is 1. The number of hydrogen-bond acceptors (Lipinski definition) is 6. The molecule has 26 heavy (non-hydrogen) atoms. The zero-order valence-electron chi connectivity index (χ0n) is 14.4. The number of carbonyl (C=O) groups is 1. The second-order valence-electron chi connectivity index (χ2n) is 6.66. The van der Waals surface area contributed by atoms with Gasteiger partial charge in [-0.05, 0) is 25.0 Å². The van der Waals surface area contributed by atoms with Gasteiger partial charge < -0.3 is 14.8 Å². The second kappa shape index (κ2) is 6.40. The Hall–Kier alpha value is -2.96. The van der Waals surface area contributed by atoms with Crippen LogP contribution in [0.15, 0.2) is 27.5 Å². The number of carboxylic acid groups (broad SMARTS) is 1. The summed E-state index contributed by atoms with van der Waals surface area (Å²) in [5.41, 5.74) is 1.03. The van der Waals surface area contributed by atoms with Crippen LogP contribution >= 0.6 is 0 Å². The molecule has 0 bridgehead atoms. The summed E-state index contributed by atoms with van der Waals surface area (Å²) in [7, 11) is 1.57. The molecule has 0 unspecified atom stereocenters. The summed E-state index contributed by atoms with van der Waals surface area (Å²) in [6.45, 7) is 0. The van der Waals surface area contributed by atoms with Crippen molar-refractivity contribution >= 4 is 33.9 Å². The number of aromatic carboxylic acids is 1. The van der Waals surface area contributed by atoms with E-state index in [9.17, 15) is 14.7 Å². The number of aromatic nitrogens is 2. The SMILES string of the molecule is CNc1nc2oc3cnc(C4CCCCC4)cc3c(=O)c2cc1C(=O)O. The van der Waals surface area contributed by atoms with Crippen molar-refractivity contribution in [2.45, 2.75) is 38.0 Å². The van der Waals surface area contributed by atoms with Gasteiger partial charge in [0.1, 0.15) is 11.4 Å². The number of rotatable bonds is 3. The van der Waals surface area contributed by atoms with Gasteiger partial charge in [-0.2, -0.15) is 4.98 Å². The van der Waals surface area contributed by atoms with E-state index in [1.54, 1.807) is 19.3 Å². The summed E-state index contributed by atoms with van der Waals surface area (Å²) in [6.07, 6.45) is 7.33. The zero-order chi connectivity index (χ0) is 18.3. The maximum Gasteiger partial charge on any atom is 0.339 e. The lowest BCUT2D eigenvalue weighted by Gasteiger charge is -2.21. The molecule has 7 heteroatoms. The molecule has 0 aromatic carbocycles. The van der Waals surface area contributed by atoms with Crippen LogP contribution in [0.4, 0.5) is 5.82 Å². The van der Waals surface area contributed by atoms with E-state index in [2.05, 4.69) is 15.3 Å². The first kappa shape index (κ1) is 16.5. The minimum atomic E-state index is -1.15. The minimum absolute atomic E-state index is 0.0618. The van der Waals surface area contributed by atoms with Crippen LogP contribution in [0.1, 0.15) is 54.1 Å². The molecule has 0 aliphatic heterocycles. The van der Waals surface area contributed by atoms with E-state index >= 15 is 0 Å². The lowest BCUT2D eigenvalue weighted by Crippen LogP contribution is -2.11. The van der Waals surface area contributed by atoms with Gasteiger partial charge in [-0.15, -0.1) is 0 Å². The van der Waals surface area contributed by atoms with Crippen molar-refractivity contribution in [3.8, 4) is 0 Å². The Labute approximate surface area is 149 Å². The van der Waals surface area contributed by atoms with E-state index in [1.807, 2.05) is 0 Å². The van der Waals surface area contributed by atoms with E-state index in [-0.39, 0.29) is 27.9 Å². The largest absolute Gasteiger partial charge is 0.478 e. The van der Waals surface area contributed by atoms with Crippen molar-refractivity contribution in [3.05, 3.63) is 39.8 Å². The van der Waals surface area contributed by atoms with Crippen LogP contribution in [-0.2, 0) is 0 Å². The zero-order valence-corrected chi connectivity index (χ0v) is 14.4. The first-order valence-electron chi connectivity index (χ1n) is 8.77. The predicted octanol–water partition coefficient (Wildman–Crippen LogP) is 3.52. The third kappa shape index (κ3) is 2.69. The minimum Gasteiger partial charge on any atom is -0.478 e. The predicted molar refractivity (Wildman–Crippen MR) is 97.9 cm³/mol. The van der Waals surface area contributed by atoms with Gasteiger partial charge in [0.2, 0.25) is 11.1 Å². The number of hydrogen-bond donors (Lipinski definition) is 2. The van der Waals surface area contributed by atoms with Crippen LogP contribution in [0.5, 0.6) is 0 Å². The molecule has 0 saturated heterocycles. The van der Waals surface area contributed by atoms with Crippen LogP contribution in [0.25, 0.3) is 22.1 Å². The number of fused-ring (bicyclic) bond motifs is 2. The number of nitrogens with zero attached hydrogens (tertiary/aromatic N) is 2. The molecule has 0 spiro atoms. The standard InChI is InChI=1S/C19H19N3O4/c1-20-17-13(19(24)25)7-12-16(23)11-8-14(10-5-3-2-4-6-10)21-9-15(11)26-18(12)22-17/h7-10H,2-6H2,1H3,(H,20,22)(H,24,25). The molecular weight excluding hydrogens is 334 g/mol. The molecule has 1 saturated carbocycles. The summed E-state index contributed by atoms with van der Waals surface area (Å²) in [5, 5.41) is 12.7. The highest BCUT2D eigenvalue weighted by Crippen LogP contribution is 2.32. The quantitative estimate of drug-likeness (QED) is 0.694. The smallest absolute Gasteiger partial charge is 0.339 e. The molecule has 0 radical (unpaired) electrons. The molecule has 3 aromatic heterocycles. The highest BCUT2D eigenvalue weighted by molar-refractivity contribution is 5.98. The van der Waals surface area contributed by atoms with E-state index in [0.717, 1.165) is 18.5 Å². The van der Waals surface area contributed by atoms with Crippen molar-refractivity contribution in [2.75, 3.05) is 12.4 Å². The monoisotopic (exact) mass is 353 g/mol. The molecule has 2 N–H and O–H groups in total. The normalized spacial score (nSPS) is 15.4. The maximum absolute atomic E-state index is 13.0. The molecule has 1 fully saturated rings. The Balaban J connectivity index is 1.93. The van der Waals surface area contributed by atoms with Gasteiger partial charge >= 0.3 is 5.97 Å². The van der Waals surface area contributed by atoms with Gasteiger partial charge in [-0.1, -0.05) is 19.3 Å². The van der Waals surface area contributed by atoms with Gasteiger partial charge in [0.25, 0.3) is 0 Å². The molecule has 1 aliphatic rings. The number of nitrogens with one attached hydrogen (secondary N) is 1. The van der Waals surface area contributed by atoms with Gasteiger partial charge in [0, 0.05) is 18.7 Å². The molecule has 134 valence electrons. The summed E-state index contributed by atoms with van der Waals surface area (Å²) in [4.78, 5) is 33.0. The third-order valence-electron chi connectivity index (χ3n) is 5.06. The molecule has 1 aliphatic carbocycles. The van der Waals surface area contributed by atoms with E-state index in [4.69, 9.17) is 4.42 Å². The topological polar surface area (TPSA) is 105 Å². The average molecular weight is 353 g/mol. The molecule has 0 atom stereocenters. The maximum atomic E-state index is 13.0. The average Bonchev–Trinajstić information content (AvgIpc) is 2.67. The van der Waals surface area contributed by atoms with Crippen molar-refractivity contribution in [3.63, 3.8) is 0 Å². The highest BCUT2D eigenvalue weighted by atomic mass is 16.4. The van der Waals surface area contributed by atoms with Gasteiger partial charge in [-0.3, -0.25) is 9.78 Å². The second-order valence-corrected chi connectivity index (χ2v) is 6.66. The fraction of sp³-hybridized carbons (Fsp3) is 0.368. The summed E-state index contributed by atoms with van der Waals surface area (Å²) in [5.74, 6) is -0.636. The highest BCUT2D eigenvalue weighted by Gasteiger charge is 2.20. The molecule has 3 heterocycles. The van der Waals surface area contributed by atoms with E-state index in [0.29, 0.717) is 16.9 Å². The van der Waals surface area contributed by atoms with Crippen LogP contribution < -0.4 is 10.7 Å². The van der Waals surface area contributed by atoms with E-state index in [1.165, 1.54) is 25.3 Å². The molecular formula is C19H19N3O4. The molecule has 7 nitrogen and oxygen atoms in total. The van der Waals surface area contributed by atoms with Crippen molar-refractivity contribution in [1.82, 2.24) is 9.97 Å². The third-order valence-corrected chi connectivity index (χ3v) is 5.06. The fourth-order valence-corrected chi connectivity index (χ4v) is 3.68. The van der Waals surface area contributed by atoms with Crippen molar-refractivity contribution in [2.24, 2.45) is 0 Å². The van der Waals surface area contributed by atoms with Crippen molar-refractivity contribution < 1.29 is 14.3 Å².